The van der Waals surface area contributed by atoms with Crippen molar-refractivity contribution >= 4 is 5.91 Å². The van der Waals surface area contributed by atoms with Crippen LogP contribution >= 0.6 is 0 Å². The monoisotopic (exact) mass is 205 g/mol. The second kappa shape index (κ2) is 5.54. The molecule has 1 aromatic carbocycles. The molecular weight excluding hydrogens is 186 g/mol. The molecule has 0 heterocycles. The van der Waals surface area contributed by atoms with E-state index in [-0.39, 0.29) is 5.91 Å². The Morgan fingerprint density at radius 1 is 1.27 bits per heavy atom. The van der Waals surface area contributed by atoms with Gasteiger partial charge in [0.15, 0.2) is 0 Å². The van der Waals surface area contributed by atoms with E-state index < -0.39 is 0 Å². The number of benzene rings is 1. The molecule has 0 aliphatic carbocycles. The minimum Gasteiger partial charge on any atom is -0.352 e. The molecule has 0 atom stereocenters. The fourth-order valence-electron chi connectivity index (χ4n) is 1.59. The lowest BCUT2D eigenvalue weighted by Crippen LogP contribution is -2.20. The summed E-state index contributed by atoms with van der Waals surface area (Å²) in [6.07, 6.45) is 1.07. The van der Waals surface area contributed by atoms with Crippen molar-refractivity contribution in [3.8, 4) is 0 Å². The highest BCUT2D eigenvalue weighted by atomic mass is 16.1. The summed E-state index contributed by atoms with van der Waals surface area (Å²) in [5.74, 6) is 0.665. The van der Waals surface area contributed by atoms with Crippen molar-refractivity contribution in [3.63, 3.8) is 0 Å². The van der Waals surface area contributed by atoms with Gasteiger partial charge in [-0.3, -0.25) is 4.79 Å². The van der Waals surface area contributed by atoms with Crippen LogP contribution in [0.5, 0.6) is 0 Å². The van der Waals surface area contributed by atoms with Crippen LogP contribution in [-0.2, 0) is 17.8 Å². The molecule has 1 N–H and O–H groups in total. The maximum atomic E-state index is 10.8. The second-order valence-corrected chi connectivity index (χ2v) is 4.28. The van der Waals surface area contributed by atoms with Crippen LogP contribution < -0.4 is 5.32 Å². The van der Waals surface area contributed by atoms with E-state index in [1.807, 2.05) is 6.07 Å². The SMILES string of the molecule is CC(=O)NCc1ccccc1CC(C)C. The topological polar surface area (TPSA) is 29.1 Å². The van der Waals surface area contributed by atoms with E-state index in [1.54, 1.807) is 6.92 Å². The fraction of sp³-hybridized carbons (Fsp3) is 0.462. The van der Waals surface area contributed by atoms with Gasteiger partial charge in [-0.2, -0.15) is 0 Å². The minimum absolute atomic E-state index is 0.0225. The van der Waals surface area contributed by atoms with Crippen LogP contribution in [0.25, 0.3) is 0 Å². The minimum atomic E-state index is 0.0225. The molecule has 2 nitrogen and oxygen atoms in total. The Bertz CT molecular complexity index is 331. The van der Waals surface area contributed by atoms with Crippen molar-refractivity contribution in [2.24, 2.45) is 5.92 Å². The number of carbonyl (C=O) groups excluding carboxylic acids is 1. The molecule has 1 aromatic rings. The molecule has 0 aromatic heterocycles. The third kappa shape index (κ3) is 4.15. The molecule has 0 aliphatic rings. The quantitative estimate of drug-likeness (QED) is 0.804. The lowest BCUT2D eigenvalue weighted by atomic mass is 9.98. The largest absolute Gasteiger partial charge is 0.352 e. The van der Waals surface area contributed by atoms with Gasteiger partial charge in [0.2, 0.25) is 5.91 Å². The number of hydrogen-bond acceptors (Lipinski definition) is 1. The fourth-order valence-corrected chi connectivity index (χ4v) is 1.59. The normalized spacial score (nSPS) is 10.4. The molecule has 1 rings (SSSR count). The molecule has 1 amide bonds. The van der Waals surface area contributed by atoms with Gasteiger partial charge in [-0.15, -0.1) is 0 Å². The smallest absolute Gasteiger partial charge is 0.217 e. The van der Waals surface area contributed by atoms with E-state index in [0.717, 1.165) is 6.42 Å². The highest BCUT2D eigenvalue weighted by Crippen LogP contribution is 2.13. The summed E-state index contributed by atoms with van der Waals surface area (Å²) < 4.78 is 0. The first-order valence-electron chi connectivity index (χ1n) is 5.41. The van der Waals surface area contributed by atoms with Crippen LogP contribution in [0.15, 0.2) is 24.3 Å². The molecule has 0 saturated heterocycles. The number of carbonyl (C=O) groups is 1. The zero-order valence-electron chi connectivity index (χ0n) is 9.71. The molecule has 0 fully saturated rings. The van der Waals surface area contributed by atoms with Gasteiger partial charge in [0, 0.05) is 13.5 Å². The standard InChI is InChI=1S/C13H19NO/c1-10(2)8-12-6-4-5-7-13(12)9-14-11(3)15/h4-7,10H,8-9H2,1-3H3,(H,14,15). The average molecular weight is 205 g/mol. The molecule has 0 bridgehead atoms. The molecular formula is C13H19NO. The van der Waals surface area contributed by atoms with E-state index in [9.17, 15) is 4.79 Å². The molecule has 0 unspecified atom stereocenters. The number of rotatable bonds is 4. The van der Waals surface area contributed by atoms with Crippen molar-refractivity contribution in [2.75, 3.05) is 0 Å². The molecule has 0 aliphatic heterocycles. The van der Waals surface area contributed by atoms with Crippen molar-refractivity contribution in [2.45, 2.75) is 33.7 Å². The Morgan fingerprint density at radius 3 is 2.40 bits per heavy atom. The van der Waals surface area contributed by atoms with E-state index in [4.69, 9.17) is 0 Å². The van der Waals surface area contributed by atoms with Gasteiger partial charge in [0.25, 0.3) is 0 Å². The highest BCUT2D eigenvalue weighted by Gasteiger charge is 2.04. The molecule has 82 valence electrons. The zero-order valence-corrected chi connectivity index (χ0v) is 9.71. The van der Waals surface area contributed by atoms with Gasteiger partial charge in [-0.1, -0.05) is 38.1 Å². The van der Waals surface area contributed by atoms with Crippen LogP contribution in [0.3, 0.4) is 0 Å². The third-order valence-corrected chi connectivity index (χ3v) is 2.27. The van der Waals surface area contributed by atoms with Crippen LogP contribution in [0.4, 0.5) is 0 Å². The Hall–Kier alpha value is -1.31. The summed E-state index contributed by atoms with van der Waals surface area (Å²) in [5, 5.41) is 2.84. The molecule has 0 radical (unpaired) electrons. The first-order chi connectivity index (χ1) is 7.09. The van der Waals surface area contributed by atoms with Crippen LogP contribution in [0.1, 0.15) is 31.9 Å². The van der Waals surface area contributed by atoms with Gasteiger partial charge in [0.1, 0.15) is 0 Å². The van der Waals surface area contributed by atoms with E-state index in [2.05, 4.69) is 37.4 Å². The van der Waals surface area contributed by atoms with E-state index in [1.165, 1.54) is 11.1 Å². The Kier molecular flexibility index (Phi) is 4.35. The first-order valence-corrected chi connectivity index (χ1v) is 5.41. The Morgan fingerprint density at radius 2 is 1.87 bits per heavy atom. The Labute approximate surface area is 91.7 Å². The number of nitrogens with one attached hydrogen (secondary N) is 1. The van der Waals surface area contributed by atoms with Crippen LogP contribution in [-0.4, -0.2) is 5.91 Å². The average Bonchev–Trinajstić information content (AvgIpc) is 2.15. The van der Waals surface area contributed by atoms with Crippen LogP contribution in [0.2, 0.25) is 0 Å². The summed E-state index contributed by atoms with van der Waals surface area (Å²) in [5.41, 5.74) is 2.56. The summed E-state index contributed by atoms with van der Waals surface area (Å²) in [4.78, 5) is 10.8. The van der Waals surface area contributed by atoms with E-state index in [0.29, 0.717) is 12.5 Å². The Balaban J connectivity index is 2.72. The summed E-state index contributed by atoms with van der Waals surface area (Å²) in [6, 6.07) is 8.28. The number of hydrogen-bond donors (Lipinski definition) is 1. The van der Waals surface area contributed by atoms with Crippen molar-refractivity contribution in [1.82, 2.24) is 5.32 Å². The summed E-state index contributed by atoms with van der Waals surface area (Å²) in [6.45, 7) is 6.59. The molecule has 15 heavy (non-hydrogen) atoms. The third-order valence-electron chi connectivity index (χ3n) is 2.27. The lowest BCUT2D eigenvalue weighted by Gasteiger charge is -2.11. The summed E-state index contributed by atoms with van der Waals surface area (Å²) in [7, 11) is 0. The van der Waals surface area contributed by atoms with Crippen molar-refractivity contribution in [3.05, 3.63) is 35.4 Å². The summed E-state index contributed by atoms with van der Waals surface area (Å²) >= 11 is 0. The molecule has 2 heteroatoms. The predicted octanol–water partition coefficient (Wildman–Crippen LogP) is 2.52. The van der Waals surface area contributed by atoms with Crippen molar-refractivity contribution in [1.29, 1.82) is 0 Å². The molecule has 0 saturated carbocycles. The maximum absolute atomic E-state index is 10.8. The van der Waals surface area contributed by atoms with Gasteiger partial charge >= 0.3 is 0 Å². The van der Waals surface area contributed by atoms with Crippen molar-refractivity contribution < 1.29 is 4.79 Å². The van der Waals surface area contributed by atoms with E-state index >= 15 is 0 Å². The molecule has 0 spiro atoms. The zero-order chi connectivity index (χ0) is 11.3. The number of amides is 1. The van der Waals surface area contributed by atoms with Crippen LogP contribution in [0, 0.1) is 5.92 Å². The maximum Gasteiger partial charge on any atom is 0.217 e. The van der Waals surface area contributed by atoms with Gasteiger partial charge in [-0.25, -0.2) is 0 Å². The predicted molar refractivity (Wildman–Crippen MR) is 62.5 cm³/mol. The van der Waals surface area contributed by atoms with Gasteiger partial charge in [-0.05, 0) is 23.5 Å². The lowest BCUT2D eigenvalue weighted by molar-refractivity contribution is -0.119. The first kappa shape index (κ1) is 11.8. The van der Waals surface area contributed by atoms with Gasteiger partial charge in [0.05, 0.1) is 0 Å². The highest BCUT2D eigenvalue weighted by molar-refractivity contribution is 5.72. The van der Waals surface area contributed by atoms with Gasteiger partial charge < -0.3 is 5.32 Å². The second-order valence-electron chi connectivity index (χ2n) is 4.28.